The van der Waals surface area contributed by atoms with Gasteiger partial charge in [-0.05, 0) is 19.1 Å². The highest BCUT2D eigenvalue weighted by Gasteiger charge is 2.26. The quantitative estimate of drug-likeness (QED) is 0.852. The summed E-state index contributed by atoms with van der Waals surface area (Å²) in [6.07, 6.45) is 1.75. The Labute approximate surface area is 125 Å². The smallest absolute Gasteiger partial charge is 0.257 e. The van der Waals surface area contributed by atoms with Gasteiger partial charge in [-0.1, -0.05) is 0 Å². The molecule has 114 valence electrons. The van der Waals surface area contributed by atoms with Crippen LogP contribution in [0.4, 0.5) is 5.82 Å². The minimum atomic E-state index is 0.0814. The number of ether oxygens (including phenoxy) is 1. The van der Waals surface area contributed by atoms with Crippen LogP contribution >= 0.6 is 0 Å². The van der Waals surface area contributed by atoms with Gasteiger partial charge in [-0.15, -0.1) is 0 Å². The molecule has 2 fully saturated rings. The number of nitrogens with one attached hydrogen (secondary N) is 1. The molecule has 1 aromatic heterocycles. The molecule has 0 aliphatic carbocycles. The maximum absolute atomic E-state index is 12.8. The normalized spacial score (nSPS) is 23.2. The number of nitrogens with zero attached hydrogens (tertiary/aromatic N) is 3. The number of hydrogen-bond donors (Lipinski definition) is 1. The summed E-state index contributed by atoms with van der Waals surface area (Å²) in [4.78, 5) is 21.3. The summed E-state index contributed by atoms with van der Waals surface area (Å²) in [5.41, 5.74) is 0.702. The molecule has 1 amide bonds. The van der Waals surface area contributed by atoms with Gasteiger partial charge in [0.05, 0.1) is 18.8 Å². The minimum absolute atomic E-state index is 0.0814. The molecular formula is C15H22N4O2. The zero-order chi connectivity index (χ0) is 14.7. The topological polar surface area (TPSA) is 57.7 Å². The number of carbonyl (C=O) groups is 1. The van der Waals surface area contributed by atoms with E-state index >= 15 is 0 Å². The minimum Gasteiger partial charge on any atom is -0.378 e. The molecular weight excluding hydrogens is 268 g/mol. The van der Waals surface area contributed by atoms with Gasteiger partial charge in [-0.2, -0.15) is 0 Å². The fraction of sp³-hybridized carbons (Fsp3) is 0.600. The second-order valence-electron chi connectivity index (χ2n) is 5.58. The summed E-state index contributed by atoms with van der Waals surface area (Å²) in [6, 6.07) is 4.06. The zero-order valence-electron chi connectivity index (χ0n) is 12.4. The number of carbonyl (C=O) groups excluding carboxylic acids is 1. The van der Waals surface area contributed by atoms with E-state index in [4.69, 9.17) is 4.74 Å². The molecule has 6 heteroatoms. The second-order valence-corrected chi connectivity index (χ2v) is 5.58. The van der Waals surface area contributed by atoms with Crippen molar-refractivity contribution in [2.75, 3.05) is 50.8 Å². The Bertz CT molecular complexity index is 502. The molecule has 0 aromatic carbocycles. The van der Waals surface area contributed by atoms with Gasteiger partial charge in [0, 0.05) is 45.0 Å². The lowest BCUT2D eigenvalue weighted by Gasteiger charge is -2.34. The Kier molecular flexibility index (Phi) is 4.36. The number of piperazine rings is 1. The number of morpholine rings is 1. The molecule has 2 aliphatic heterocycles. The van der Waals surface area contributed by atoms with Crippen LogP contribution in [0.25, 0.3) is 0 Å². The summed E-state index contributed by atoms with van der Waals surface area (Å²) in [7, 11) is 0. The summed E-state index contributed by atoms with van der Waals surface area (Å²) in [5, 5.41) is 3.36. The average Bonchev–Trinajstić information content (AvgIpc) is 2.55. The van der Waals surface area contributed by atoms with Gasteiger partial charge < -0.3 is 19.9 Å². The van der Waals surface area contributed by atoms with Crippen molar-refractivity contribution >= 4 is 11.7 Å². The fourth-order valence-corrected chi connectivity index (χ4v) is 2.88. The first-order valence-corrected chi connectivity index (χ1v) is 7.56. The summed E-state index contributed by atoms with van der Waals surface area (Å²) in [6.45, 7) is 7.40. The molecule has 0 spiro atoms. The molecule has 2 aliphatic rings. The number of aromatic nitrogens is 1. The largest absolute Gasteiger partial charge is 0.378 e. The molecule has 1 aromatic rings. The Balaban J connectivity index is 1.82. The van der Waals surface area contributed by atoms with E-state index in [0.717, 1.165) is 38.5 Å². The van der Waals surface area contributed by atoms with Crippen molar-refractivity contribution in [3.8, 4) is 0 Å². The van der Waals surface area contributed by atoms with Crippen molar-refractivity contribution < 1.29 is 9.53 Å². The maximum Gasteiger partial charge on any atom is 0.257 e. The Morgan fingerprint density at radius 2 is 2.19 bits per heavy atom. The highest BCUT2D eigenvalue weighted by molar-refractivity contribution is 5.99. The van der Waals surface area contributed by atoms with Gasteiger partial charge in [-0.25, -0.2) is 4.98 Å². The van der Waals surface area contributed by atoms with Crippen molar-refractivity contribution in [2.45, 2.75) is 13.0 Å². The third-order valence-electron chi connectivity index (χ3n) is 3.98. The van der Waals surface area contributed by atoms with Crippen LogP contribution in [0.2, 0.25) is 0 Å². The lowest BCUT2D eigenvalue weighted by atomic mass is 10.1. The molecule has 0 radical (unpaired) electrons. The monoisotopic (exact) mass is 290 g/mol. The van der Waals surface area contributed by atoms with Crippen LogP contribution in [0.1, 0.15) is 17.3 Å². The predicted octanol–water partition coefficient (Wildman–Crippen LogP) is 0.352. The van der Waals surface area contributed by atoms with E-state index in [1.54, 1.807) is 6.20 Å². The van der Waals surface area contributed by atoms with Crippen LogP contribution in [0, 0.1) is 0 Å². The second kappa shape index (κ2) is 6.41. The molecule has 21 heavy (non-hydrogen) atoms. The Morgan fingerprint density at radius 1 is 1.38 bits per heavy atom. The zero-order valence-corrected chi connectivity index (χ0v) is 12.4. The van der Waals surface area contributed by atoms with Gasteiger partial charge in [0.2, 0.25) is 0 Å². The van der Waals surface area contributed by atoms with Gasteiger partial charge in [-0.3, -0.25) is 4.79 Å². The van der Waals surface area contributed by atoms with E-state index < -0.39 is 0 Å². The first-order valence-electron chi connectivity index (χ1n) is 7.56. The Morgan fingerprint density at radius 3 is 2.95 bits per heavy atom. The number of amides is 1. The van der Waals surface area contributed by atoms with E-state index in [0.29, 0.717) is 24.8 Å². The van der Waals surface area contributed by atoms with Gasteiger partial charge in [0.15, 0.2) is 0 Å². The first kappa shape index (κ1) is 14.3. The number of anilines is 1. The number of hydrogen-bond acceptors (Lipinski definition) is 5. The van der Waals surface area contributed by atoms with Crippen LogP contribution in [-0.2, 0) is 4.74 Å². The van der Waals surface area contributed by atoms with E-state index in [-0.39, 0.29) is 5.91 Å². The Hall–Kier alpha value is -1.66. The maximum atomic E-state index is 12.8. The van der Waals surface area contributed by atoms with Gasteiger partial charge >= 0.3 is 0 Å². The third-order valence-corrected chi connectivity index (χ3v) is 3.98. The SMILES string of the molecule is CC1CN(C(=O)c2cccnc2N2CCOCC2)CCN1. The highest BCUT2D eigenvalue weighted by Crippen LogP contribution is 2.20. The molecule has 1 unspecified atom stereocenters. The lowest BCUT2D eigenvalue weighted by Crippen LogP contribution is -2.51. The first-order chi connectivity index (χ1) is 10.3. The molecule has 6 nitrogen and oxygen atoms in total. The van der Waals surface area contributed by atoms with E-state index in [2.05, 4.69) is 22.1 Å². The van der Waals surface area contributed by atoms with Crippen LogP contribution in [0.15, 0.2) is 18.3 Å². The van der Waals surface area contributed by atoms with Crippen molar-refractivity contribution in [2.24, 2.45) is 0 Å². The molecule has 2 saturated heterocycles. The van der Waals surface area contributed by atoms with Crippen molar-refractivity contribution in [1.82, 2.24) is 15.2 Å². The van der Waals surface area contributed by atoms with Crippen molar-refractivity contribution in [3.05, 3.63) is 23.9 Å². The van der Waals surface area contributed by atoms with E-state index in [9.17, 15) is 4.79 Å². The molecule has 1 atom stereocenters. The van der Waals surface area contributed by atoms with Crippen LogP contribution in [0.3, 0.4) is 0 Å². The third kappa shape index (κ3) is 3.16. The standard InChI is InChI=1S/C15H22N4O2/c1-12-11-19(6-5-16-12)15(20)13-3-2-4-17-14(13)18-7-9-21-10-8-18/h2-4,12,16H,5-11H2,1H3. The number of pyridine rings is 1. The average molecular weight is 290 g/mol. The van der Waals surface area contributed by atoms with E-state index in [1.807, 2.05) is 17.0 Å². The van der Waals surface area contributed by atoms with Gasteiger partial charge in [0.25, 0.3) is 5.91 Å². The van der Waals surface area contributed by atoms with Crippen molar-refractivity contribution in [3.63, 3.8) is 0 Å². The summed E-state index contributed by atoms with van der Waals surface area (Å²) in [5.74, 6) is 0.870. The molecule has 3 rings (SSSR count). The lowest BCUT2D eigenvalue weighted by molar-refractivity contribution is 0.0708. The molecule has 3 heterocycles. The highest BCUT2D eigenvalue weighted by atomic mass is 16.5. The van der Waals surface area contributed by atoms with Gasteiger partial charge in [0.1, 0.15) is 5.82 Å². The predicted molar refractivity (Wildman–Crippen MR) is 80.6 cm³/mol. The van der Waals surface area contributed by atoms with Crippen LogP contribution in [0.5, 0.6) is 0 Å². The molecule has 0 bridgehead atoms. The fourth-order valence-electron chi connectivity index (χ4n) is 2.88. The number of rotatable bonds is 2. The van der Waals surface area contributed by atoms with Crippen LogP contribution < -0.4 is 10.2 Å². The van der Waals surface area contributed by atoms with E-state index in [1.165, 1.54) is 0 Å². The van der Waals surface area contributed by atoms with Crippen LogP contribution in [-0.4, -0.2) is 67.8 Å². The molecule has 1 N–H and O–H groups in total. The van der Waals surface area contributed by atoms with Crippen molar-refractivity contribution in [1.29, 1.82) is 0 Å². The molecule has 0 saturated carbocycles. The summed E-state index contributed by atoms with van der Waals surface area (Å²) < 4.78 is 5.38. The summed E-state index contributed by atoms with van der Waals surface area (Å²) >= 11 is 0.